The van der Waals surface area contributed by atoms with Crippen molar-refractivity contribution in [2.75, 3.05) is 6.54 Å². The van der Waals surface area contributed by atoms with Crippen LogP contribution >= 0.6 is 0 Å². The Hall–Kier alpha value is -1.84. The van der Waals surface area contributed by atoms with Crippen molar-refractivity contribution in [3.8, 4) is 0 Å². The molecule has 0 radical (unpaired) electrons. The molecular weight excluding hydrogens is 288 g/mol. The summed E-state index contributed by atoms with van der Waals surface area (Å²) in [6, 6.07) is 9.61. The predicted molar refractivity (Wildman–Crippen MR) is 94.1 cm³/mol. The zero-order chi connectivity index (χ0) is 17.1. The summed E-state index contributed by atoms with van der Waals surface area (Å²) in [4.78, 5) is 24.4. The maximum absolute atomic E-state index is 12.4. The van der Waals surface area contributed by atoms with Gasteiger partial charge < -0.3 is 10.6 Å². The van der Waals surface area contributed by atoms with Crippen LogP contribution in [0.25, 0.3) is 0 Å². The maximum Gasteiger partial charge on any atom is 0.242 e. The van der Waals surface area contributed by atoms with Gasteiger partial charge in [-0.3, -0.25) is 9.59 Å². The Kier molecular flexibility index (Phi) is 9.03. The first-order chi connectivity index (χ1) is 11.1. The SMILES string of the molecule is CCCCC(=O)N[C@H](C(=O)NCCc1ccccc1)[C@@H](C)CC. The summed E-state index contributed by atoms with van der Waals surface area (Å²) in [5.41, 5.74) is 1.19. The molecule has 0 aromatic heterocycles. The molecule has 2 amide bonds. The number of rotatable bonds is 10. The van der Waals surface area contributed by atoms with Crippen molar-refractivity contribution in [3.63, 3.8) is 0 Å². The Morgan fingerprint density at radius 1 is 1.13 bits per heavy atom. The Bertz CT molecular complexity index is 474. The van der Waals surface area contributed by atoms with Crippen LogP contribution in [0.15, 0.2) is 30.3 Å². The van der Waals surface area contributed by atoms with Gasteiger partial charge in [0.15, 0.2) is 0 Å². The van der Waals surface area contributed by atoms with Crippen LogP contribution in [-0.4, -0.2) is 24.4 Å². The van der Waals surface area contributed by atoms with Gasteiger partial charge in [-0.05, 0) is 24.3 Å². The highest BCUT2D eigenvalue weighted by molar-refractivity contribution is 5.87. The van der Waals surface area contributed by atoms with Crippen LogP contribution in [0.5, 0.6) is 0 Å². The molecule has 0 saturated carbocycles. The van der Waals surface area contributed by atoms with Crippen molar-refractivity contribution in [1.82, 2.24) is 10.6 Å². The lowest BCUT2D eigenvalue weighted by molar-refractivity contribution is -0.130. The van der Waals surface area contributed by atoms with Gasteiger partial charge in [0.1, 0.15) is 6.04 Å². The molecule has 0 aliphatic heterocycles. The fourth-order valence-corrected chi connectivity index (χ4v) is 2.37. The van der Waals surface area contributed by atoms with Crippen LogP contribution in [-0.2, 0) is 16.0 Å². The quantitative estimate of drug-likeness (QED) is 0.696. The highest BCUT2D eigenvalue weighted by Crippen LogP contribution is 2.09. The molecular formula is C19H30N2O2. The normalized spacial score (nSPS) is 13.2. The highest BCUT2D eigenvalue weighted by atomic mass is 16.2. The number of nitrogens with one attached hydrogen (secondary N) is 2. The van der Waals surface area contributed by atoms with E-state index in [0.717, 1.165) is 25.7 Å². The second-order valence-corrected chi connectivity index (χ2v) is 6.06. The molecule has 0 aliphatic carbocycles. The largest absolute Gasteiger partial charge is 0.354 e. The molecule has 0 aliphatic rings. The number of benzene rings is 1. The van der Waals surface area contributed by atoms with Crippen molar-refractivity contribution in [3.05, 3.63) is 35.9 Å². The van der Waals surface area contributed by atoms with E-state index in [1.807, 2.05) is 44.2 Å². The zero-order valence-corrected chi connectivity index (χ0v) is 14.6. The molecule has 2 atom stereocenters. The first kappa shape index (κ1) is 19.2. The Morgan fingerprint density at radius 3 is 2.43 bits per heavy atom. The fraction of sp³-hybridized carbons (Fsp3) is 0.579. The maximum atomic E-state index is 12.4. The first-order valence-electron chi connectivity index (χ1n) is 8.69. The second-order valence-electron chi connectivity index (χ2n) is 6.06. The van der Waals surface area contributed by atoms with Crippen LogP contribution in [0.4, 0.5) is 0 Å². The Labute approximate surface area is 140 Å². The van der Waals surface area contributed by atoms with Gasteiger partial charge in [0, 0.05) is 13.0 Å². The van der Waals surface area contributed by atoms with Gasteiger partial charge in [0.25, 0.3) is 0 Å². The summed E-state index contributed by atoms with van der Waals surface area (Å²) in [6.45, 7) is 6.67. The van der Waals surface area contributed by atoms with Gasteiger partial charge >= 0.3 is 0 Å². The molecule has 0 spiro atoms. The summed E-state index contributed by atoms with van der Waals surface area (Å²) in [5.74, 6) is 0.00721. The van der Waals surface area contributed by atoms with E-state index >= 15 is 0 Å². The second kappa shape index (κ2) is 10.8. The van der Waals surface area contributed by atoms with Crippen LogP contribution in [0.3, 0.4) is 0 Å². The van der Waals surface area contributed by atoms with Gasteiger partial charge in [0.05, 0.1) is 0 Å². The fourth-order valence-electron chi connectivity index (χ4n) is 2.37. The topological polar surface area (TPSA) is 58.2 Å². The minimum atomic E-state index is -0.444. The van der Waals surface area contributed by atoms with Crippen molar-refractivity contribution in [2.24, 2.45) is 5.92 Å². The van der Waals surface area contributed by atoms with Gasteiger partial charge in [-0.25, -0.2) is 0 Å². The molecule has 4 heteroatoms. The van der Waals surface area contributed by atoms with Crippen LogP contribution in [0, 0.1) is 5.92 Å². The number of carbonyl (C=O) groups is 2. The first-order valence-corrected chi connectivity index (χ1v) is 8.69. The molecule has 0 saturated heterocycles. The third-order valence-electron chi connectivity index (χ3n) is 4.13. The summed E-state index contributed by atoms with van der Waals surface area (Å²) in [7, 11) is 0. The van der Waals surface area contributed by atoms with E-state index in [-0.39, 0.29) is 17.7 Å². The number of hydrogen-bond acceptors (Lipinski definition) is 2. The highest BCUT2D eigenvalue weighted by Gasteiger charge is 2.25. The number of hydrogen-bond donors (Lipinski definition) is 2. The third-order valence-corrected chi connectivity index (χ3v) is 4.13. The number of unbranched alkanes of at least 4 members (excludes halogenated alkanes) is 1. The Morgan fingerprint density at radius 2 is 1.83 bits per heavy atom. The minimum Gasteiger partial charge on any atom is -0.354 e. The van der Waals surface area contributed by atoms with Crippen LogP contribution in [0.1, 0.15) is 52.0 Å². The lowest BCUT2D eigenvalue weighted by atomic mass is 9.98. The van der Waals surface area contributed by atoms with Crippen molar-refractivity contribution in [2.45, 2.75) is 58.9 Å². The van der Waals surface area contributed by atoms with E-state index in [1.54, 1.807) is 0 Å². The summed E-state index contributed by atoms with van der Waals surface area (Å²) in [5, 5.41) is 5.85. The zero-order valence-electron chi connectivity index (χ0n) is 14.6. The van der Waals surface area contributed by atoms with Gasteiger partial charge in [-0.1, -0.05) is 63.9 Å². The number of amides is 2. The summed E-state index contributed by atoms with van der Waals surface area (Å²) >= 11 is 0. The molecule has 4 nitrogen and oxygen atoms in total. The van der Waals surface area contributed by atoms with Gasteiger partial charge in [-0.15, -0.1) is 0 Å². The average Bonchev–Trinajstić information content (AvgIpc) is 2.58. The standard InChI is InChI=1S/C19H30N2O2/c1-4-6-12-17(22)21-18(15(3)5-2)19(23)20-14-13-16-10-8-7-9-11-16/h7-11,15,18H,4-6,12-14H2,1-3H3,(H,20,23)(H,21,22)/t15-,18-/m0/s1. The van der Waals surface area contributed by atoms with Crippen LogP contribution in [0.2, 0.25) is 0 Å². The average molecular weight is 318 g/mol. The van der Waals surface area contributed by atoms with E-state index in [2.05, 4.69) is 17.6 Å². The molecule has 1 aromatic rings. The molecule has 0 heterocycles. The predicted octanol–water partition coefficient (Wildman–Crippen LogP) is 3.07. The van der Waals surface area contributed by atoms with E-state index in [0.29, 0.717) is 13.0 Å². The third kappa shape index (κ3) is 7.31. The van der Waals surface area contributed by atoms with E-state index in [4.69, 9.17) is 0 Å². The van der Waals surface area contributed by atoms with Gasteiger partial charge in [0.2, 0.25) is 11.8 Å². The summed E-state index contributed by atoms with van der Waals surface area (Å²) < 4.78 is 0. The van der Waals surface area contributed by atoms with E-state index < -0.39 is 6.04 Å². The molecule has 0 unspecified atom stereocenters. The molecule has 1 rings (SSSR count). The number of carbonyl (C=O) groups excluding carboxylic acids is 2. The molecule has 1 aromatic carbocycles. The molecule has 0 bridgehead atoms. The molecule has 128 valence electrons. The smallest absolute Gasteiger partial charge is 0.242 e. The minimum absolute atomic E-state index is 0.0321. The van der Waals surface area contributed by atoms with Crippen molar-refractivity contribution >= 4 is 11.8 Å². The van der Waals surface area contributed by atoms with Crippen LogP contribution < -0.4 is 10.6 Å². The molecule has 23 heavy (non-hydrogen) atoms. The van der Waals surface area contributed by atoms with Gasteiger partial charge in [-0.2, -0.15) is 0 Å². The molecule has 2 N–H and O–H groups in total. The summed E-state index contributed by atoms with van der Waals surface area (Å²) in [6.07, 6.45) is 3.97. The Balaban J connectivity index is 2.49. The lowest BCUT2D eigenvalue weighted by Crippen LogP contribution is -2.50. The monoisotopic (exact) mass is 318 g/mol. The molecule has 0 fully saturated rings. The lowest BCUT2D eigenvalue weighted by Gasteiger charge is -2.23. The van der Waals surface area contributed by atoms with Crippen molar-refractivity contribution < 1.29 is 9.59 Å². The van der Waals surface area contributed by atoms with E-state index in [1.165, 1.54) is 5.56 Å². The van der Waals surface area contributed by atoms with E-state index in [9.17, 15) is 9.59 Å². The van der Waals surface area contributed by atoms with Crippen molar-refractivity contribution in [1.29, 1.82) is 0 Å².